The summed E-state index contributed by atoms with van der Waals surface area (Å²) < 4.78 is 22.2. The summed E-state index contributed by atoms with van der Waals surface area (Å²) in [5.41, 5.74) is 2.72. The third kappa shape index (κ3) is 6.99. The number of carbonyl (C=O) groups is 1. The van der Waals surface area contributed by atoms with Crippen molar-refractivity contribution < 1.29 is 19.0 Å². The van der Waals surface area contributed by atoms with Crippen LogP contribution in [0.15, 0.2) is 46.1 Å². The average molecular weight is 531 g/mol. The number of fused-ring (bicyclic) bond motifs is 1. The van der Waals surface area contributed by atoms with Crippen LogP contribution in [0.2, 0.25) is 0 Å². The van der Waals surface area contributed by atoms with Crippen LogP contribution in [0.25, 0.3) is 10.9 Å². The molecule has 0 saturated carbocycles. The van der Waals surface area contributed by atoms with Crippen LogP contribution in [0.4, 0.5) is 4.39 Å². The van der Waals surface area contributed by atoms with Gasteiger partial charge in [-0.3, -0.25) is 9.78 Å². The number of hydrogen-bond acceptors (Lipinski definition) is 6. The minimum Gasteiger partial charge on any atom is -0.497 e. The van der Waals surface area contributed by atoms with Crippen LogP contribution < -0.4 is 4.74 Å². The van der Waals surface area contributed by atoms with E-state index in [2.05, 4.69) is 28.3 Å². The summed E-state index contributed by atoms with van der Waals surface area (Å²) in [5, 5.41) is 12.4. The van der Waals surface area contributed by atoms with Crippen LogP contribution in [-0.2, 0) is 4.79 Å². The zero-order valence-corrected chi connectivity index (χ0v) is 22.6. The number of hydrogen-bond donors (Lipinski definition) is 1. The van der Waals surface area contributed by atoms with Gasteiger partial charge in [0, 0.05) is 30.3 Å². The molecule has 0 amide bonds. The number of pyridine rings is 1. The third-order valence-electron chi connectivity index (χ3n) is 7.19. The number of aromatic nitrogens is 1. The van der Waals surface area contributed by atoms with E-state index in [0.717, 1.165) is 49.1 Å². The summed E-state index contributed by atoms with van der Waals surface area (Å²) in [5.74, 6) is 1.27. The number of thioether (sulfide) groups is 1. The minimum atomic E-state index is -1.12. The van der Waals surface area contributed by atoms with E-state index in [-0.39, 0.29) is 18.3 Å². The van der Waals surface area contributed by atoms with E-state index in [4.69, 9.17) is 4.74 Å². The molecule has 4 rings (SSSR count). The van der Waals surface area contributed by atoms with E-state index in [9.17, 15) is 9.90 Å². The number of benzene rings is 1. The van der Waals surface area contributed by atoms with Crippen molar-refractivity contribution in [1.29, 1.82) is 0 Å². The van der Waals surface area contributed by atoms with Gasteiger partial charge in [0.05, 0.1) is 16.8 Å². The normalized spacial score (nSPS) is 19.4. The fourth-order valence-corrected chi connectivity index (χ4v) is 7.31. The highest BCUT2D eigenvalue weighted by Gasteiger charge is 2.31. The standard InChI is InChI=1S/C28H35FN2O3S2/c1-19-10-15-36-28(19)35-14-3-12-31-13-9-20(21(18-31)16-27(32)33)4-6-25(29)23-8-11-30-26-7-5-22(34-2)17-24(23)26/h5,7-8,10-11,15,17,20-21,25H,3-4,6,9,12-14,16,18H2,1-2H3,(H,32,33)/t20-,21+,25+/m1/s1. The number of carboxylic acid groups (broad SMARTS) is 1. The molecule has 0 unspecified atom stereocenters. The molecule has 0 radical (unpaired) electrons. The van der Waals surface area contributed by atoms with E-state index in [1.807, 2.05) is 30.0 Å². The lowest BCUT2D eigenvalue weighted by atomic mass is 9.79. The Morgan fingerprint density at radius 2 is 2.19 bits per heavy atom. The number of methoxy groups -OCH3 is 1. The smallest absolute Gasteiger partial charge is 0.303 e. The zero-order valence-electron chi connectivity index (χ0n) is 21.0. The molecule has 3 atom stereocenters. The fraction of sp³-hybridized carbons (Fsp3) is 0.500. The Bertz CT molecular complexity index is 1150. The van der Waals surface area contributed by atoms with Crippen LogP contribution in [-0.4, -0.2) is 53.5 Å². The highest BCUT2D eigenvalue weighted by molar-refractivity contribution is 8.01. The van der Waals surface area contributed by atoms with E-state index < -0.39 is 12.1 Å². The van der Waals surface area contributed by atoms with Gasteiger partial charge in [-0.05, 0) is 104 Å². The summed E-state index contributed by atoms with van der Waals surface area (Å²) in [4.78, 5) is 18.4. The van der Waals surface area contributed by atoms with E-state index in [1.165, 1.54) is 9.77 Å². The predicted octanol–water partition coefficient (Wildman–Crippen LogP) is 7.00. The molecule has 0 bridgehead atoms. The molecule has 1 saturated heterocycles. The first-order valence-electron chi connectivity index (χ1n) is 12.6. The molecule has 1 aromatic carbocycles. The number of carboxylic acids is 1. The van der Waals surface area contributed by atoms with Gasteiger partial charge in [-0.1, -0.05) is 0 Å². The molecule has 0 aliphatic carbocycles. The van der Waals surface area contributed by atoms with Crippen molar-refractivity contribution >= 4 is 40.0 Å². The Labute approximate surface area is 221 Å². The number of piperidine rings is 1. The monoisotopic (exact) mass is 530 g/mol. The molecule has 0 spiro atoms. The van der Waals surface area contributed by atoms with Gasteiger partial charge in [-0.15, -0.1) is 23.1 Å². The zero-order chi connectivity index (χ0) is 25.5. The number of alkyl halides is 1. The van der Waals surface area contributed by atoms with Crippen molar-refractivity contribution in [2.24, 2.45) is 11.8 Å². The molecule has 8 heteroatoms. The van der Waals surface area contributed by atoms with Crippen molar-refractivity contribution in [2.75, 3.05) is 32.5 Å². The first-order valence-corrected chi connectivity index (χ1v) is 14.5. The first kappa shape index (κ1) is 26.9. The summed E-state index contributed by atoms with van der Waals surface area (Å²) in [6.07, 6.45) is 3.76. The Kier molecular flexibility index (Phi) is 9.62. The molecular formula is C28H35FN2O3S2. The number of thiophene rings is 1. The van der Waals surface area contributed by atoms with Crippen LogP contribution >= 0.6 is 23.1 Å². The van der Waals surface area contributed by atoms with Gasteiger partial charge in [-0.2, -0.15) is 0 Å². The van der Waals surface area contributed by atoms with Gasteiger partial charge in [0.25, 0.3) is 0 Å². The Morgan fingerprint density at radius 3 is 2.94 bits per heavy atom. The molecule has 36 heavy (non-hydrogen) atoms. The Hall–Kier alpha value is -2.16. The van der Waals surface area contributed by atoms with Gasteiger partial charge in [-0.25, -0.2) is 4.39 Å². The lowest BCUT2D eigenvalue weighted by Gasteiger charge is -2.38. The van der Waals surface area contributed by atoms with Crippen LogP contribution in [0, 0.1) is 18.8 Å². The largest absolute Gasteiger partial charge is 0.497 e. The highest BCUT2D eigenvalue weighted by Crippen LogP contribution is 2.36. The van der Waals surface area contributed by atoms with Gasteiger partial charge in [0.15, 0.2) is 0 Å². The van der Waals surface area contributed by atoms with Gasteiger partial charge in [0.1, 0.15) is 11.9 Å². The number of likely N-dealkylation sites (tertiary alicyclic amines) is 1. The second-order valence-electron chi connectivity index (χ2n) is 9.63. The second kappa shape index (κ2) is 12.9. The Balaban J connectivity index is 1.32. The van der Waals surface area contributed by atoms with Gasteiger partial charge >= 0.3 is 5.97 Å². The van der Waals surface area contributed by atoms with Crippen LogP contribution in [0.1, 0.15) is 49.4 Å². The highest BCUT2D eigenvalue weighted by atomic mass is 32.2. The first-order chi connectivity index (χ1) is 17.4. The van der Waals surface area contributed by atoms with Crippen molar-refractivity contribution in [2.45, 2.75) is 49.4 Å². The summed E-state index contributed by atoms with van der Waals surface area (Å²) in [7, 11) is 1.60. The fourth-order valence-electron chi connectivity index (χ4n) is 5.22. The summed E-state index contributed by atoms with van der Waals surface area (Å²) in [6.45, 7) is 4.87. The van der Waals surface area contributed by atoms with Gasteiger partial charge < -0.3 is 14.7 Å². The molecule has 1 aliphatic heterocycles. The number of nitrogens with zero attached hydrogens (tertiary/aromatic N) is 2. The summed E-state index contributed by atoms with van der Waals surface area (Å²) in [6, 6.07) is 9.43. The SMILES string of the molecule is COc1ccc2nccc([C@@H](F)CC[C@@H]3CCN(CCCSc4sccc4C)C[C@@H]3CC(=O)O)c2c1. The molecule has 5 nitrogen and oxygen atoms in total. The number of halogens is 1. The van der Waals surface area contributed by atoms with Crippen molar-refractivity contribution in [3.63, 3.8) is 0 Å². The summed E-state index contributed by atoms with van der Waals surface area (Å²) >= 11 is 3.71. The van der Waals surface area contributed by atoms with Crippen molar-refractivity contribution in [1.82, 2.24) is 9.88 Å². The number of ether oxygens (including phenoxy) is 1. The quantitative estimate of drug-likeness (QED) is 0.201. The molecule has 3 heterocycles. The van der Waals surface area contributed by atoms with Crippen LogP contribution in [0.5, 0.6) is 5.75 Å². The molecular weight excluding hydrogens is 495 g/mol. The molecule has 194 valence electrons. The minimum absolute atomic E-state index is 0.0601. The molecule has 1 aliphatic rings. The van der Waals surface area contributed by atoms with Crippen molar-refractivity contribution in [3.8, 4) is 5.75 Å². The lowest BCUT2D eigenvalue weighted by molar-refractivity contribution is -0.139. The maximum Gasteiger partial charge on any atom is 0.303 e. The Morgan fingerprint density at radius 1 is 1.33 bits per heavy atom. The van der Waals surface area contributed by atoms with Crippen LogP contribution in [0.3, 0.4) is 0 Å². The third-order valence-corrected chi connectivity index (χ3v) is 9.72. The van der Waals surface area contributed by atoms with E-state index >= 15 is 4.39 Å². The number of aryl methyl sites for hydroxylation is 1. The number of rotatable bonds is 12. The molecule has 3 aromatic rings. The maximum atomic E-state index is 15.5. The van der Waals surface area contributed by atoms with E-state index in [0.29, 0.717) is 24.2 Å². The predicted molar refractivity (Wildman–Crippen MR) is 146 cm³/mol. The lowest BCUT2D eigenvalue weighted by Crippen LogP contribution is -2.42. The second-order valence-corrected chi connectivity index (χ2v) is 11.9. The molecule has 2 aromatic heterocycles. The van der Waals surface area contributed by atoms with Gasteiger partial charge in [0.2, 0.25) is 0 Å². The number of aliphatic carboxylic acids is 1. The van der Waals surface area contributed by atoms with E-state index in [1.54, 1.807) is 30.7 Å². The molecule has 1 N–H and O–H groups in total. The average Bonchev–Trinajstić information content (AvgIpc) is 3.29. The topological polar surface area (TPSA) is 62.7 Å². The van der Waals surface area contributed by atoms with Crippen molar-refractivity contribution in [3.05, 3.63) is 53.0 Å². The molecule has 1 fully saturated rings. The maximum absolute atomic E-state index is 15.5.